The summed E-state index contributed by atoms with van der Waals surface area (Å²) in [5.41, 5.74) is 4.65. The minimum atomic E-state index is 0.709. The second kappa shape index (κ2) is 8.25. The van der Waals surface area contributed by atoms with Crippen LogP contribution in [0.1, 0.15) is 25.8 Å². The van der Waals surface area contributed by atoms with Crippen molar-refractivity contribution < 1.29 is 4.74 Å². The molecule has 2 heterocycles. The van der Waals surface area contributed by atoms with E-state index in [1.54, 1.807) is 7.11 Å². The molecule has 0 bridgehead atoms. The van der Waals surface area contributed by atoms with Crippen LogP contribution >= 0.6 is 23.4 Å². The molecule has 4 nitrogen and oxygen atoms in total. The van der Waals surface area contributed by atoms with Crippen LogP contribution in [0.2, 0.25) is 5.02 Å². The number of hydrogen-bond acceptors (Lipinski definition) is 4. The van der Waals surface area contributed by atoms with Crippen molar-refractivity contribution in [3.63, 3.8) is 0 Å². The maximum atomic E-state index is 6.66. The number of nitrogens with zero attached hydrogens (tertiary/aromatic N) is 3. The minimum absolute atomic E-state index is 0.709. The lowest BCUT2D eigenvalue weighted by Gasteiger charge is -2.37. The summed E-state index contributed by atoms with van der Waals surface area (Å²) in [6.07, 6.45) is 3.16. The molecule has 0 fully saturated rings. The topological polar surface area (TPSA) is 20.6 Å². The van der Waals surface area contributed by atoms with Crippen LogP contribution in [-0.2, 0) is 7.05 Å². The van der Waals surface area contributed by atoms with Gasteiger partial charge in [0.25, 0.3) is 0 Å². The first-order valence-corrected chi connectivity index (χ1v) is 11.2. The molecule has 1 aliphatic rings. The average molecular weight is 428 g/mol. The van der Waals surface area contributed by atoms with Gasteiger partial charge in [0.2, 0.25) is 0 Å². The highest BCUT2D eigenvalue weighted by Gasteiger charge is 2.29. The molecular weight excluding hydrogens is 402 g/mol. The zero-order chi connectivity index (χ0) is 20.5. The van der Waals surface area contributed by atoms with E-state index in [0.717, 1.165) is 30.2 Å². The van der Waals surface area contributed by atoms with Crippen molar-refractivity contribution in [2.75, 3.05) is 24.5 Å². The molecule has 29 heavy (non-hydrogen) atoms. The van der Waals surface area contributed by atoms with E-state index in [0.29, 0.717) is 5.02 Å². The molecule has 3 aromatic rings. The van der Waals surface area contributed by atoms with Crippen molar-refractivity contribution in [3.8, 4) is 5.75 Å². The molecule has 0 atom stereocenters. The first-order valence-electron chi connectivity index (χ1n) is 9.81. The number of thioether (sulfide) groups is 1. The number of halogens is 1. The van der Waals surface area contributed by atoms with E-state index in [-0.39, 0.29) is 0 Å². The van der Waals surface area contributed by atoms with Crippen molar-refractivity contribution in [1.29, 1.82) is 0 Å². The molecule has 0 saturated heterocycles. The van der Waals surface area contributed by atoms with Crippen molar-refractivity contribution in [3.05, 3.63) is 64.2 Å². The molecule has 0 aliphatic carbocycles. The SMILES string of the molecule is CCCN(c1ccc2c(ccn2C)c1)N1CSC(C)=C1c1ccc(OC)cc1Cl. The number of rotatable bonds is 6. The number of hydrazine groups is 1. The fourth-order valence-electron chi connectivity index (χ4n) is 3.84. The largest absolute Gasteiger partial charge is 0.497 e. The van der Waals surface area contributed by atoms with Gasteiger partial charge in [0.1, 0.15) is 5.75 Å². The van der Waals surface area contributed by atoms with Crippen LogP contribution in [-0.4, -0.2) is 29.1 Å². The maximum absolute atomic E-state index is 6.66. The molecule has 1 aliphatic heterocycles. The van der Waals surface area contributed by atoms with Gasteiger partial charge in [0.15, 0.2) is 0 Å². The molecule has 4 rings (SSSR count). The summed E-state index contributed by atoms with van der Waals surface area (Å²) in [6.45, 7) is 5.32. The van der Waals surface area contributed by atoms with Gasteiger partial charge in [0.05, 0.1) is 29.4 Å². The molecule has 0 saturated carbocycles. The van der Waals surface area contributed by atoms with Crippen LogP contribution in [0, 0.1) is 0 Å². The van der Waals surface area contributed by atoms with Crippen LogP contribution in [0.4, 0.5) is 5.69 Å². The number of allylic oxidation sites excluding steroid dienone is 1. The number of ether oxygens (including phenoxy) is 1. The van der Waals surface area contributed by atoms with E-state index in [9.17, 15) is 0 Å². The van der Waals surface area contributed by atoms with Gasteiger partial charge >= 0.3 is 0 Å². The normalized spacial score (nSPS) is 14.2. The second-order valence-corrected chi connectivity index (χ2v) is 8.78. The Labute approximate surface area is 181 Å². The Balaban J connectivity index is 1.76. The number of aryl methyl sites for hydroxylation is 1. The Morgan fingerprint density at radius 3 is 2.72 bits per heavy atom. The lowest BCUT2D eigenvalue weighted by molar-refractivity contribution is 0.413. The smallest absolute Gasteiger partial charge is 0.120 e. The third-order valence-electron chi connectivity index (χ3n) is 5.32. The fourth-order valence-corrected chi connectivity index (χ4v) is 5.03. The zero-order valence-electron chi connectivity index (χ0n) is 17.3. The predicted molar refractivity (Wildman–Crippen MR) is 125 cm³/mol. The Hall–Kier alpha value is -2.24. The molecule has 6 heteroatoms. The summed E-state index contributed by atoms with van der Waals surface area (Å²) in [7, 11) is 3.75. The van der Waals surface area contributed by atoms with Crippen molar-refractivity contribution >= 4 is 45.7 Å². The first-order chi connectivity index (χ1) is 14.0. The van der Waals surface area contributed by atoms with Crippen molar-refractivity contribution in [2.24, 2.45) is 7.05 Å². The fraction of sp³-hybridized carbons (Fsp3) is 0.304. The van der Waals surface area contributed by atoms with Gasteiger partial charge in [-0.2, -0.15) is 0 Å². The Morgan fingerprint density at radius 1 is 1.17 bits per heavy atom. The highest BCUT2D eigenvalue weighted by atomic mass is 35.5. The van der Waals surface area contributed by atoms with E-state index < -0.39 is 0 Å². The Kier molecular flexibility index (Phi) is 5.70. The summed E-state index contributed by atoms with van der Waals surface area (Å²) in [5, 5.41) is 6.71. The monoisotopic (exact) mass is 427 g/mol. The van der Waals surface area contributed by atoms with Crippen molar-refractivity contribution in [2.45, 2.75) is 20.3 Å². The lowest BCUT2D eigenvalue weighted by Crippen LogP contribution is -2.40. The Bertz CT molecular complexity index is 1080. The summed E-state index contributed by atoms with van der Waals surface area (Å²) in [5.74, 6) is 1.64. The Morgan fingerprint density at radius 2 is 2.00 bits per heavy atom. The number of hydrogen-bond donors (Lipinski definition) is 0. The molecule has 152 valence electrons. The zero-order valence-corrected chi connectivity index (χ0v) is 18.8. The molecule has 0 spiro atoms. The summed E-state index contributed by atoms with van der Waals surface area (Å²) >= 11 is 8.51. The number of methoxy groups -OCH3 is 1. The van der Waals surface area contributed by atoms with E-state index in [2.05, 4.69) is 72.0 Å². The predicted octanol–water partition coefficient (Wildman–Crippen LogP) is 6.37. The van der Waals surface area contributed by atoms with E-state index in [1.165, 1.54) is 27.2 Å². The average Bonchev–Trinajstić information content (AvgIpc) is 3.28. The number of aromatic nitrogens is 1. The molecule has 2 aromatic carbocycles. The molecule has 0 N–H and O–H groups in total. The van der Waals surface area contributed by atoms with Gasteiger partial charge in [-0.05, 0) is 55.8 Å². The standard InChI is InChI=1S/C23H26ClN3OS/c1-5-11-26(18-6-9-22-17(13-18)10-12-25(22)3)27-15-29-16(2)23(27)20-8-7-19(28-4)14-21(20)24/h6-10,12-14H,5,11,15H2,1-4H3. The summed E-state index contributed by atoms with van der Waals surface area (Å²) < 4.78 is 7.49. The van der Waals surface area contributed by atoms with Gasteiger partial charge in [-0.1, -0.05) is 18.5 Å². The number of benzene rings is 2. The minimum Gasteiger partial charge on any atom is -0.497 e. The van der Waals surface area contributed by atoms with Crippen LogP contribution in [0.3, 0.4) is 0 Å². The molecule has 1 aromatic heterocycles. The quantitative estimate of drug-likeness (QED) is 0.455. The highest BCUT2D eigenvalue weighted by molar-refractivity contribution is 8.03. The van der Waals surface area contributed by atoms with Gasteiger partial charge in [-0.3, -0.25) is 10.0 Å². The van der Waals surface area contributed by atoms with E-state index in [1.807, 2.05) is 23.9 Å². The maximum Gasteiger partial charge on any atom is 0.120 e. The number of fused-ring (bicyclic) bond motifs is 1. The van der Waals surface area contributed by atoms with Gasteiger partial charge in [-0.15, -0.1) is 11.8 Å². The van der Waals surface area contributed by atoms with Crippen molar-refractivity contribution in [1.82, 2.24) is 9.58 Å². The molecule has 0 unspecified atom stereocenters. The van der Waals surface area contributed by atoms with Gasteiger partial charge < -0.3 is 9.30 Å². The van der Waals surface area contributed by atoms with Gasteiger partial charge in [0, 0.05) is 41.2 Å². The van der Waals surface area contributed by atoms with Crippen LogP contribution in [0.5, 0.6) is 5.75 Å². The molecule has 0 radical (unpaired) electrons. The van der Waals surface area contributed by atoms with E-state index in [4.69, 9.17) is 16.3 Å². The van der Waals surface area contributed by atoms with Gasteiger partial charge in [-0.25, -0.2) is 0 Å². The third-order valence-corrected chi connectivity index (χ3v) is 6.63. The lowest BCUT2D eigenvalue weighted by atomic mass is 10.1. The number of anilines is 1. The van der Waals surface area contributed by atoms with E-state index >= 15 is 0 Å². The van der Waals surface area contributed by atoms with Crippen LogP contribution in [0.15, 0.2) is 53.6 Å². The second-order valence-electron chi connectivity index (χ2n) is 7.22. The first kappa shape index (κ1) is 20.0. The summed E-state index contributed by atoms with van der Waals surface area (Å²) in [6, 6.07) is 14.8. The third kappa shape index (κ3) is 3.69. The van der Waals surface area contributed by atoms with Crippen LogP contribution < -0.4 is 9.75 Å². The van der Waals surface area contributed by atoms with Crippen LogP contribution in [0.25, 0.3) is 16.6 Å². The molecule has 0 amide bonds. The summed E-state index contributed by atoms with van der Waals surface area (Å²) in [4.78, 5) is 1.28. The molecular formula is C23H26ClN3OS. The highest BCUT2D eigenvalue weighted by Crippen LogP contribution is 2.43.